The van der Waals surface area contributed by atoms with Crippen LogP contribution in [0.5, 0.6) is 0 Å². The van der Waals surface area contributed by atoms with Crippen molar-refractivity contribution in [1.29, 1.82) is 0 Å². The molecule has 1 aliphatic rings. The molecule has 1 aliphatic heterocycles. The lowest BCUT2D eigenvalue weighted by Crippen LogP contribution is -2.36. The van der Waals surface area contributed by atoms with Crippen molar-refractivity contribution in [2.75, 3.05) is 6.54 Å². The van der Waals surface area contributed by atoms with E-state index in [1.165, 1.54) is 12.1 Å². The SMILES string of the molecule is NC(=O)c1ccc(C(=O)N2CCC[C@H]2Cc2cccc(F)c2)cc1. The van der Waals surface area contributed by atoms with Crippen LogP contribution in [0.25, 0.3) is 0 Å². The van der Waals surface area contributed by atoms with Crippen molar-refractivity contribution in [1.82, 2.24) is 4.90 Å². The molecule has 2 N–H and O–H groups in total. The predicted molar refractivity (Wildman–Crippen MR) is 89.1 cm³/mol. The van der Waals surface area contributed by atoms with Crippen molar-refractivity contribution in [3.05, 3.63) is 71.0 Å². The fourth-order valence-electron chi connectivity index (χ4n) is 3.19. The van der Waals surface area contributed by atoms with Crippen LogP contribution in [0.4, 0.5) is 4.39 Å². The van der Waals surface area contributed by atoms with Crippen LogP contribution in [-0.4, -0.2) is 29.3 Å². The maximum atomic E-state index is 13.3. The molecule has 1 saturated heterocycles. The standard InChI is InChI=1S/C19H19FN2O2/c20-16-4-1-3-13(11-16)12-17-5-2-10-22(17)19(24)15-8-6-14(7-9-15)18(21)23/h1,3-4,6-9,11,17H,2,5,10,12H2,(H2,21,23)/t17-/m0/s1. The summed E-state index contributed by atoms with van der Waals surface area (Å²) in [5.74, 6) is -0.838. The number of nitrogens with two attached hydrogens (primary N) is 1. The van der Waals surface area contributed by atoms with Gasteiger partial charge in [-0.3, -0.25) is 9.59 Å². The number of primary amides is 1. The van der Waals surface area contributed by atoms with Gasteiger partial charge in [0.1, 0.15) is 5.82 Å². The highest BCUT2D eigenvalue weighted by molar-refractivity contribution is 5.97. The van der Waals surface area contributed by atoms with Gasteiger partial charge < -0.3 is 10.6 Å². The number of likely N-dealkylation sites (tertiary alicyclic amines) is 1. The van der Waals surface area contributed by atoms with E-state index in [0.29, 0.717) is 24.1 Å². The lowest BCUT2D eigenvalue weighted by atomic mass is 10.0. The van der Waals surface area contributed by atoms with Crippen molar-refractivity contribution in [2.24, 2.45) is 5.73 Å². The number of amides is 2. The smallest absolute Gasteiger partial charge is 0.254 e. The monoisotopic (exact) mass is 326 g/mol. The van der Waals surface area contributed by atoms with E-state index < -0.39 is 5.91 Å². The average Bonchev–Trinajstić information content (AvgIpc) is 3.02. The Hall–Kier alpha value is -2.69. The van der Waals surface area contributed by atoms with Crippen LogP contribution in [0.2, 0.25) is 0 Å². The first-order chi connectivity index (χ1) is 11.5. The molecule has 0 spiro atoms. The number of benzene rings is 2. The van der Waals surface area contributed by atoms with Crippen LogP contribution in [0.15, 0.2) is 48.5 Å². The van der Waals surface area contributed by atoms with E-state index in [1.54, 1.807) is 30.3 Å². The quantitative estimate of drug-likeness (QED) is 0.939. The van der Waals surface area contributed by atoms with Gasteiger partial charge in [0.05, 0.1) is 0 Å². The lowest BCUT2D eigenvalue weighted by molar-refractivity contribution is 0.0736. The van der Waals surface area contributed by atoms with E-state index in [-0.39, 0.29) is 17.8 Å². The van der Waals surface area contributed by atoms with E-state index in [4.69, 9.17) is 5.73 Å². The highest BCUT2D eigenvalue weighted by atomic mass is 19.1. The van der Waals surface area contributed by atoms with Gasteiger partial charge >= 0.3 is 0 Å². The Kier molecular flexibility index (Phi) is 4.60. The van der Waals surface area contributed by atoms with Crippen molar-refractivity contribution < 1.29 is 14.0 Å². The zero-order valence-corrected chi connectivity index (χ0v) is 13.2. The number of rotatable bonds is 4. The highest BCUT2D eigenvalue weighted by Gasteiger charge is 2.29. The zero-order valence-electron chi connectivity index (χ0n) is 13.2. The van der Waals surface area contributed by atoms with Gasteiger partial charge in [0.25, 0.3) is 5.91 Å². The molecule has 0 bridgehead atoms. The summed E-state index contributed by atoms with van der Waals surface area (Å²) in [6, 6.07) is 12.9. The molecule has 1 heterocycles. The lowest BCUT2D eigenvalue weighted by Gasteiger charge is -2.25. The van der Waals surface area contributed by atoms with Crippen molar-refractivity contribution in [3.8, 4) is 0 Å². The Bertz CT molecular complexity index is 758. The first kappa shape index (κ1) is 16.2. The van der Waals surface area contributed by atoms with Gasteiger partial charge in [0.15, 0.2) is 0 Å². The molecule has 124 valence electrons. The van der Waals surface area contributed by atoms with Crippen LogP contribution in [0.1, 0.15) is 39.1 Å². The van der Waals surface area contributed by atoms with E-state index in [1.807, 2.05) is 11.0 Å². The van der Waals surface area contributed by atoms with Crippen molar-refractivity contribution >= 4 is 11.8 Å². The molecule has 0 saturated carbocycles. The molecular weight excluding hydrogens is 307 g/mol. The Morgan fingerprint density at radius 1 is 1.12 bits per heavy atom. The molecule has 0 aromatic heterocycles. The number of nitrogens with zero attached hydrogens (tertiary/aromatic N) is 1. The molecule has 2 aromatic rings. The Morgan fingerprint density at radius 2 is 1.83 bits per heavy atom. The number of carbonyl (C=O) groups excluding carboxylic acids is 2. The summed E-state index contributed by atoms with van der Waals surface area (Å²) >= 11 is 0. The summed E-state index contributed by atoms with van der Waals surface area (Å²) in [5.41, 5.74) is 7.02. The predicted octanol–water partition coefficient (Wildman–Crippen LogP) is 2.77. The van der Waals surface area contributed by atoms with Crippen LogP contribution < -0.4 is 5.73 Å². The molecular formula is C19H19FN2O2. The van der Waals surface area contributed by atoms with Crippen LogP contribution in [0.3, 0.4) is 0 Å². The summed E-state index contributed by atoms with van der Waals surface area (Å²) in [4.78, 5) is 25.7. The van der Waals surface area contributed by atoms with Gasteiger partial charge in [-0.25, -0.2) is 4.39 Å². The Morgan fingerprint density at radius 3 is 2.50 bits per heavy atom. The first-order valence-electron chi connectivity index (χ1n) is 8.00. The summed E-state index contributed by atoms with van der Waals surface area (Å²) < 4.78 is 13.3. The minimum Gasteiger partial charge on any atom is -0.366 e. The molecule has 3 rings (SSSR count). The molecule has 2 aromatic carbocycles. The second kappa shape index (κ2) is 6.83. The third kappa shape index (κ3) is 3.45. The molecule has 0 aliphatic carbocycles. The molecule has 1 fully saturated rings. The number of halogens is 1. The molecule has 0 unspecified atom stereocenters. The molecule has 0 radical (unpaired) electrons. The maximum absolute atomic E-state index is 13.3. The second-order valence-electron chi connectivity index (χ2n) is 6.07. The van der Waals surface area contributed by atoms with E-state index in [9.17, 15) is 14.0 Å². The third-order valence-corrected chi connectivity index (χ3v) is 4.41. The van der Waals surface area contributed by atoms with E-state index in [0.717, 1.165) is 18.4 Å². The number of carbonyl (C=O) groups is 2. The Balaban J connectivity index is 1.74. The largest absolute Gasteiger partial charge is 0.366 e. The van der Waals surface area contributed by atoms with Crippen molar-refractivity contribution in [3.63, 3.8) is 0 Å². The fraction of sp³-hybridized carbons (Fsp3) is 0.263. The van der Waals surface area contributed by atoms with Gasteiger partial charge in [0.2, 0.25) is 5.91 Å². The molecule has 2 amide bonds. The third-order valence-electron chi connectivity index (χ3n) is 4.41. The normalized spacial score (nSPS) is 17.0. The topological polar surface area (TPSA) is 63.4 Å². The summed E-state index contributed by atoms with van der Waals surface area (Å²) in [5, 5.41) is 0. The van der Waals surface area contributed by atoms with Crippen LogP contribution >= 0.6 is 0 Å². The van der Waals surface area contributed by atoms with Gasteiger partial charge in [0, 0.05) is 23.7 Å². The summed E-state index contributed by atoms with van der Waals surface area (Å²) in [6.07, 6.45) is 2.48. The highest BCUT2D eigenvalue weighted by Crippen LogP contribution is 2.24. The zero-order chi connectivity index (χ0) is 17.1. The number of hydrogen-bond donors (Lipinski definition) is 1. The van der Waals surface area contributed by atoms with Gasteiger partial charge in [-0.1, -0.05) is 12.1 Å². The second-order valence-corrected chi connectivity index (χ2v) is 6.07. The molecule has 1 atom stereocenters. The minimum atomic E-state index is -0.515. The molecule has 24 heavy (non-hydrogen) atoms. The molecule has 5 heteroatoms. The Labute approximate surface area is 140 Å². The average molecular weight is 326 g/mol. The fourth-order valence-corrected chi connectivity index (χ4v) is 3.19. The summed E-state index contributed by atoms with van der Waals surface area (Å²) in [7, 11) is 0. The first-order valence-corrected chi connectivity index (χ1v) is 8.00. The van der Waals surface area contributed by atoms with Gasteiger partial charge in [-0.05, 0) is 61.2 Å². The van der Waals surface area contributed by atoms with E-state index in [2.05, 4.69) is 0 Å². The van der Waals surface area contributed by atoms with E-state index >= 15 is 0 Å². The van der Waals surface area contributed by atoms with Crippen LogP contribution in [0, 0.1) is 5.82 Å². The number of hydrogen-bond acceptors (Lipinski definition) is 2. The van der Waals surface area contributed by atoms with Crippen LogP contribution in [-0.2, 0) is 6.42 Å². The minimum absolute atomic E-state index is 0.0649. The summed E-state index contributed by atoms with van der Waals surface area (Å²) in [6.45, 7) is 0.691. The van der Waals surface area contributed by atoms with Gasteiger partial charge in [-0.2, -0.15) is 0 Å². The van der Waals surface area contributed by atoms with Gasteiger partial charge in [-0.15, -0.1) is 0 Å². The molecule has 4 nitrogen and oxygen atoms in total. The maximum Gasteiger partial charge on any atom is 0.254 e. The van der Waals surface area contributed by atoms with Crippen molar-refractivity contribution in [2.45, 2.75) is 25.3 Å².